The molecule has 9 nitrogen and oxygen atoms in total. The van der Waals surface area contributed by atoms with Gasteiger partial charge in [0, 0.05) is 51.2 Å². The number of thiophene rings is 1. The molecule has 0 aliphatic heterocycles. The van der Waals surface area contributed by atoms with E-state index in [2.05, 4.69) is 36.6 Å². The average Bonchev–Trinajstić information content (AvgIpc) is 3.43. The highest BCUT2D eigenvalue weighted by atomic mass is 32.1. The van der Waals surface area contributed by atoms with E-state index in [1.165, 1.54) is 0 Å². The van der Waals surface area contributed by atoms with Crippen molar-refractivity contribution in [3.05, 3.63) is 54.0 Å². The molecule has 3 heterocycles. The summed E-state index contributed by atoms with van der Waals surface area (Å²) < 4.78 is 14.5. The number of ether oxygens (including phenoxy) is 2. The Morgan fingerprint density at radius 3 is 2.83 bits per heavy atom. The van der Waals surface area contributed by atoms with Crippen molar-refractivity contribution in [1.82, 2.24) is 25.2 Å². The van der Waals surface area contributed by atoms with Crippen LogP contribution in [0.2, 0.25) is 0 Å². The summed E-state index contributed by atoms with van der Waals surface area (Å²) in [5, 5.41) is 9.18. The molecule has 3 aromatic heterocycles. The maximum Gasteiger partial charge on any atom is 0.319 e. The molecule has 0 atom stereocenters. The first kappa shape index (κ1) is 24.2. The highest BCUT2D eigenvalue weighted by Gasteiger charge is 2.23. The Hall–Kier alpha value is -3.47. The molecule has 0 saturated heterocycles. The van der Waals surface area contributed by atoms with Crippen LogP contribution < -0.4 is 20.7 Å². The predicted molar refractivity (Wildman–Crippen MR) is 142 cm³/mol. The van der Waals surface area contributed by atoms with Crippen LogP contribution in [-0.4, -0.2) is 46.9 Å². The number of hydrogen-bond donors (Lipinski definition) is 3. The number of amides is 2. The van der Waals surface area contributed by atoms with Gasteiger partial charge in [-0.2, -0.15) is 0 Å². The summed E-state index contributed by atoms with van der Waals surface area (Å²) in [6.07, 6.45) is 5.76. The molecule has 36 heavy (non-hydrogen) atoms. The molecule has 0 unspecified atom stereocenters. The summed E-state index contributed by atoms with van der Waals surface area (Å²) >= 11 is 1.61. The first-order valence-corrected chi connectivity index (χ1v) is 12.8. The van der Waals surface area contributed by atoms with E-state index in [0.717, 1.165) is 75.3 Å². The minimum Gasteiger partial charge on any atom is -0.455 e. The number of aryl methyl sites for hydroxylation is 1. The molecule has 10 heteroatoms. The molecule has 0 radical (unpaired) electrons. The highest BCUT2D eigenvalue weighted by molar-refractivity contribution is 7.22. The van der Waals surface area contributed by atoms with Gasteiger partial charge in [0.25, 0.3) is 0 Å². The standard InChI is InChI=1S/C26H30N6O3S/c1-16-12-18(31-26(33)30-17-4-5-17)6-7-21(16)35-22-8-9-28-20-13-23(36-24(20)22)25-29-15-19(32(25)2)14-27-10-11-34-3/h6-9,12-13,15,17,27H,4-5,10-11,14H2,1-3H3,(H2,30,31,33). The summed E-state index contributed by atoms with van der Waals surface area (Å²) in [7, 11) is 3.72. The lowest BCUT2D eigenvalue weighted by molar-refractivity contribution is 0.199. The number of anilines is 1. The van der Waals surface area contributed by atoms with Crippen LogP contribution in [0.25, 0.3) is 20.9 Å². The molecule has 1 fully saturated rings. The molecule has 1 aliphatic rings. The van der Waals surface area contributed by atoms with Gasteiger partial charge in [-0.15, -0.1) is 11.3 Å². The van der Waals surface area contributed by atoms with Gasteiger partial charge < -0.3 is 30.0 Å². The van der Waals surface area contributed by atoms with Crippen LogP contribution in [-0.2, 0) is 18.3 Å². The second-order valence-corrected chi connectivity index (χ2v) is 9.94. The Bertz CT molecular complexity index is 1380. The second kappa shape index (κ2) is 10.7. The van der Waals surface area contributed by atoms with Crippen molar-refractivity contribution in [2.24, 2.45) is 7.05 Å². The number of aromatic nitrogens is 3. The Labute approximate surface area is 213 Å². The molecule has 0 spiro atoms. The zero-order valence-corrected chi connectivity index (χ0v) is 21.4. The maximum atomic E-state index is 12.0. The Kier molecular flexibility index (Phi) is 7.17. The Morgan fingerprint density at radius 2 is 2.06 bits per heavy atom. The van der Waals surface area contributed by atoms with Gasteiger partial charge in [0.15, 0.2) is 0 Å². The van der Waals surface area contributed by atoms with Crippen LogP contribution in [0.15, 0.2) is 42.7 Å². The normalized spacial score (nSPS) is 13.2. The van der Waals surface area contributed by atoms with E-state index in [1.807, 2.05) is 44.4 Å². The summed E-state index contributed by atoms with van der Waals surface area (Å²) in [6, 6.07) is 9.71. The van der Waals surface area contributed by atoms with Crippen LogP contribution in [0.4, 0.5) is 10.5 Å². The minimum atomic E-state index is -0.171. The van der Waals surface area contributed by atoms with Gasteiger partial charge in [0.05, 0.1) is 33.6 Å². The van der Waals surface area contributed by atoms with Gasteiger partial charge in [0.2, 0.25) is 0 Å². The molecule has 188 valence electrons. The lowest BCUT2D eigenvalue weighted by Gasteiger charge is -2.12. The van der Waals surface area contributed by atoms with Crippen LogP contribution in [0.1, 0.15) is 24.1 Å². The van der Waals surface area contributed by atoms with Crippen molar-refractivity contribution >= 4 is 33.3 Å². The fourth-order valence-corrected chi connectivity index (χ4v) is 4.97. The minimum absolute atomic E-state index is 0.171. The van der Waals surface area contributed by atoms with Crippen molar-refractivity contribution in [3.8, 4) is 22.2 Å². The molecule has 1 aliphatic carbocycles. The zero-order chi connectivity index (χ0) is 25.1. The van der Waals surface area contributed by atoms with Crippen molar-refractivity contribution in [1.29, 1.82) is 0 Å². The van der Waals surface area contributed by atoms with Crippen LogP contribution >= 0.6 is 11.3 Å². The third kappa shape index (κ3) is 5.51. The summed E-state index contributed by atoms with van der Waals surface area (Å²) in [5.41, 5.74) is 3.62. The van der Waals surface area contributed by atoms with Crippen molar-refractivity contribution in [2.75, 3.05) is 25.6 Å². The molecule has 2 amide bonds. The first-order valence-electron chi connectivity index (χ1n) is 12.0. The Balaban J connectivity index is 1.32. The van der Waals surface area contributed by atoms with Gasteiger partial charge in [-0.25, -0.2) is 9.78 Å². The average molecular weight is 507 g/mol. The van der Waals surface area contributed by atoms with E-state index in [4.69, 9.17) is 9.47 Å². The topological polar surface area (TPSA) is 102 Å². The van der Waals surface area contributed by atoms with E-state index >= 15 is 0 Å². The number of nitrogens with one attached hydrogen (secondary N) is 3. The number of urea groups is 1. The van der Waals surface area contributed by atoms with Crippen molar-refractivity contribution in [3.63, 3.8) is 0 Å². The van der Waals surface area contributed by atoms with E-state index in [0.29, 0.717) is 12.6 Å². The SMILES string of the molecule is COCCNCc1cnc(-c2cc3nccc(Oc4ccc(NC(=O)NC5CC5)cc4C)c3s2)n1C. The van der Waals surface area contributed by atoms with E-state index < -0.39 is 0 Å². The van der Waals surface area contributed by atoms with Gasteiger partial charge in [-0.1, -0.05) is 0 Å². The van der Waals surface area contributed by atoms with Crippen molar-refractivity contribution in [2.45, 2.75) is 32.4 Å². The van der Waals surface area contributed by atoms with Gasteiger partial charge in [-0.05, 0) is 49.6 Å². The second-order valence-electron chi connectivity index (χ2n) is 8.89. The maximum absolute atomic E-state index is 12.0. The number of rotatable bonds is 10. The number of methoxy groups -OCH3 is 1. The summed E-state index contributed by atoms with van der Waals surface area (Å²) in [4.78, 5) is 22.3. The number of carbonyl (C=O) groups is 1. The van der Waals surface area contributed by atoms with Gasteiger partial charge in [-0.3, -0.25) is 4.98 Å². The number of nitrogens with zero attached hydrogens (tertiary/aromatic N) is 3. The molecular weight excluding hydrogens is 476 g/mol. The van der Waals surface area contributed by atoms with E-state index in [9.17, 15) is 4.79 Å². The largest absolute Gasteiger partial charge is 0.455 e. The lowest BCUT2D eigenvalue weighted by Crippen LogP contribution is -2.30. The predicted octanol–water partition coefficient (Wildman–Crippen LogP) is 4.82. The number of benzene rings is 1. The molecule has 1 saturated carbocycles. The Morgan fingerprint density at radius 1 is 1.19 bits per heavy atom. The fraction of sp³-hybridized carbons (Fsp3) is 0.346. The van der Waals surface area contributed by atoms with Crippen LogP contribution in [0.3, 0.4) is 0 Å². The van der Waals surface area contributed by atoms with E-state index in [1.54, 1.807) is 24.6 Å². The number of fused-ring (bicyclic) bond motifs is 1. The highest BCUT2D eigenvalue weighted by Crippen LogP contribution is 2.39. The number of hydrogen-bond acceptors (Lipinski definition) is 7. The van der Waals surface area contributed by atoms with E-state index in [-0.39, 0.29) is 6.03 Å². The smallest absolute Gasteiger partial charge is 0.319 e. The molecule has 5 rings (SSSR count). The summed E-state index contributed by atoms with van der Waals surface area (Å²) in [5.74, 6) is 2.36. The van der Waals surface area contributed by atoms with Crippen LogP contribution in [0, 0.1) is 6.92 Å². The number of carbonyl (C=O) groups excluding carboxylic acids is 1. The summed E-state index contributed by atoms with van der Waals surface area (Å²) in [6.45, 7) is 4.14. The quantitative estimate of drug-likeness (QED) is 0.267. The third-order valence-corrected chi connectivity index (χ3v) is 7.17. The number of imidazole rings is 1. The third-order valence-electron chi connectivity index (χ3n) is 6.03. The fourth-order valence-electron chi connectivity index (χ4n) is 3.87. The van der Waals surface area contributed by atoms with Crippen molar-refractivity contribution < 1.29 is 14.3 Å². The monoisotopic (exact) mass is 506 g/mol. The molecular formula is C26H30N6O3S. The van der Waals surface area contributed by atoms with Gasteiger partial charge in [0.1, 0.15) is 17.3 Å². The first-order chi connectivity index (χ1) is 17.5. The molecule has 4 aromatic rings. The van der Waals surface area contributed by atoms with Gasteiger partial charge >= 0.3 is 6.03 Å². The molecule has 1 aromatic carbocycles. The number of pyridine rings is 1. The zero-order valence-electron chi connectivity index (χ0n) is 20.6. The molecule has 0 bridgehead atoms. The lowest BCUT2D eigenvalue weighted by atomic mass is 10.2. The van der Waals surface area contributed by atoms with Crippen LogP contribution in [0.5, 0.6) is 11.5 Å². The molecule has 3 N–H and O–H groups in total.